The number of ketones is 3. The van der Waals surface area contributed by atoms with Crippen LogP contribution in [0.4, 0.5) is 0 Å². The van der Waals surface area contributed by atoms with Gasteiger partial charge < -0.3 is 52.7 Å². The van der Waals surface area contributed by atoms with Crippen LogP contribution in [0.1, 0.15) is 195 Å². The molecule has 70 heavy (non-hydrogen) atoms. The van der Waals surface area contributed by atoms with Crippen molar-refractivity contribution in [2.75, 3.05) is 100 Å². The van der Waals surface area contributed by atoms with E-state index in [-0.39, 0.29) is 69.5 Å². The minimum absolute atomic E-state index is 0.00451. The number of carbonyl (C=O) groups excluding carboxylic acids is 5. The zero-order valence-corrected chi connectivity index (χ0v) is 45.2. The number of esters is 1. The van der Waals surface area contributed by atoms with Crippen molar-refractivity contribution in [2.24, 2.45) is 5.92 Å². The molecular formula is C54H101NO15. The van der Waals surface area contributed by atoms with E-state index in [0.29, 0.717) is 97.3 Å². The van der Waals surface area contributed by atoms with Gasteiger partial charge in [-0.1, -0.05) is 89.9 Å². The second-order valence-corrected chi connectivity index (χ2v) is 19.0. The van der Waals surface area contributed by atoms with Gasteiger partial charge in [-0.25, -0.2) is 0 Å². The molecule has 0 rings (SSSR count). The molecule has 0 fully saturated rings. The van der Waals surface area contributed by atoms with Crippen molar-refractivity contribution in [3.8, 4) is 0 Å². The molecule has 0 saturated heterocycles. The summed E-state index contributed by atoms with van der Waals surface area (Å²) in [6.45, 7) is 14.1. The number of amides is 1. The Balaban J connectivity index is 3.90. The molecule has 0 aromatic rings. The number of hydrogen-bond donors (Lipinski definition) is 1. The van der Waals surface area contributed by atoms with Crippen LogP contribution >= 0.6 is 0 Å². The monoisotopic (exact) mass is 1000 g/mol. The Labute approximate surface area is 424 Å². The van der Waals surface area contributed by atoms with Gasteiger partial charge in [-0.05, 0) is 66.7 Å². The molecule has 0 aliphatic heterocycles. The Bertz CT molecular complexity index is 1250. The molecule has 16 nitrogen and oxygen atoms in total. The third-order valence-electron chi connectivity index (χ3n) is 11.4. The molecule has 16 heteroatoms. The van der Waals surface area contributed by atoms with Gasteiger partial charge in [0.2, 0.25) is 5.91 Å². The number of hydrogen-bond acceptors (Lipinski definition) is 15. The van der Waals surface area contributed by atoms with Crippen LogP contribution in [-0.4, -0.2) is 147 Å². The highest BCUT2D eigenvalue weighted by Gasteiger charge is 2.28. The summed E-state index contributed by atoms with van der Waals surface area (Å²) >= 11 is 0. The first-order chi connectivity index (χ1) is 33.8. The lowest BCUT2D eigenvalue weighted by molar-refractivity contribution is -0.167. The van der Waals surface area contributed by atoms with Gasteiger partial charge in [-0.2, -0.15) is 0 Å². The largest absolute Gasteiger partial charge is 0.460 e. The van der Waals surface area contributed by atoms with Crippen LogP contribution in [0.2, 0.25) is 0 Å². The van der Waals surface area contributed by atoms with Gasteiger partial charge in [-0.3, -0.25) is 24.0 Å². The van der Waals surface area contributed by atoms with E-state index in [1.165, 1.54) is 70.6 Å². The van der Waals surface area contributed by atoms with Gasteiger partial charge in [0, 0.05) is 85.7 Å². The fraction of sp³-hybridized carbons (Fsp3) is 0.907. The molecule has 0 saturated carbocycles. The predicted molar refractivity (Wildman–Crippen MR) is 272 cm³/mol. The summed E-state index contributed by atoms with van der Waals surface area (Å²) in [6.07, 6.45) is 22.0. The van der Waals surface area contributed by atoms with Crippen molar-refractivity contribution in [3.63, 3.8) is 0 Å². The molecule has 1 N–H and O–H groups in total. The van der Waals surface area contributed by atoms with Gasteiger partial charge >= 0.3 is 5.97 Å². The lowest BCUT2D eigenvalue weighted by Gasteiger charge is -2.23. The van der Waals surface area contributed by atoms with Crippen LogP contribution in [0, 0.1) is 5.92 Å². The Morgan fingerprint density at radius 2 is 0.886 bits per heavy atom. The van der Waals surface area contributed by atoms with E-state index in [1.54, 1.807) is 35.0 Å². The van der Waals surface area contributed by atoms with E-state index >= 15 is 0 Å². The first-order valence-electron chi connectivity index (χ1n) is 27.1. The Morgan fingerprint density at radius 3 is 1.41 bits per heavy atom. The average Bonchev–Trinajstić information content (AvgIpc) is 3.32. The van der Waals surface area contributed by atoms with Gasteiger partial charge in [0.1, 0.15) is 23.8 Å². The highest BCUT2D eigenvalue weighted by molar-refractivity contribution is 5.85. The molecule has 412 valence electrons. The highest BCUT2D eigenvalue weighted by atomic mass is 16.7. The van der Waals surface area contributed by atoms with Crippen LogP contribution in [-0.2, 0) is 71.3 Å². The second-order valence-electron chi connectivity index (χ2n) is 19.0. The number of carbonyl (C=O) groups is 5. The number of ether oxygens (including phenoxy) is 10. The average molecular weight is 1000 g/mol. The summed E-state index contributed by atoms with van der Waals surface area (Å²) in [7, 11) is 3.09. The van der Waals surface area contributed by atoms with E-state index in [9.17, 15) is 24.0 Å². The summed E-state index contributed by atoms with van der Waals surface area (Å²) in [5, 5.41) is 2.80. The van der Waals surface area contributed by atoms with Gasteiger partial charge in [0.05, 0.1) is 52.2 Å². The Kier molecular flexibility index (Phi) is 47.2. The fourth-order valence-electron chi connectivity index (χ4n) is 7.51. The first kappa shape index (κ1) is 67.6. The van der Waals surface area contributed by atoms with Gasteiger partial charge in [0.15, 0.2) is 18.4 Å². The van der Waals surface area contributed by atoms with E-state index in [2.05, 4.69) is 5.32 Å². The molecule has 0 bridgehead atoms. The Morgan fingerprint density at radius 1 is 0.457 bits per heavy atom. The first-order valence-corrected chi connectivity index (χ1v) is 27.1. The summed E-state index contributed by atoms with van der Waals surface area (Å²) in [5.41, 5.74) is -0.691. The molecule has 0 spiro atoms. The second kappa shape index (κ2) is 48.8. The summed E-state index contributed by atoms with van der Waals surface area (Å²) in [4.78, 5) is 62.7. The van der Waals surface area contributed by atoms with Crippen molar-refractivity contribution in [1.29, 1.82) is 0 Å². The maximum atomic E-state index is 13.0. The smallest absolute Gasteiger partial charge is 0.309 e. The quantitative estimate of drug-likeness (QED) is 0.0344. The molecule has 1 atom stereocenters. The topological polar surface area (TPSA) is 190 Å². The van der Waals surface area contributed by atoms with Crippen LogP contribution in [0.5, 0.6) is 0 Å². The van der Waals surface area contributed by atoms with Crippen molar-refractivity contribution >= 4 is 29.2 Å². The minimum atomic E-state index is -0.691. The lowest BCUT2D eigenvalue weighted by Crippen LogP contribution is -2.32. The van der Waals surface area contributed by atoms with E-state index in [1.807, 2.05) is 13.8 Å². The maximum absolute atomic E-state index is 13.0. The third kappa shape index (κ3) is 46.6. The number of nitrogens with one attached hydrogen (secondary N) is 1. The third-order valence-corrected chi connectivity index (χ3v) is 11.4. The molecule has 0 aromatic heterocycles. The highest BCUT2D eigenvalue weighted by Crippen LogP contribution is 2.21. The number of Topliss-reactive ketones (excluding diaryl/α,β-unsaturated/α-hetero) is 3. The van der Waals surface area contributed by atoms with Gasteiger partial charge in [0.25, 0.3) is 0 Å². The molecule has 0 aromatic carbocycles. The standard InChI is InChI=1S/C54H101NO15/c1-8-68-52(69-9-2)45-65-36-26-30-47(56)28-24-22-20-18-16-14-12-10-11-13-15-17-19-21-23-25-29-48(57)42-46(53(60)70-54(3,4)5)32-33-50(59)55-34-37-64-39-40-66-43-49(58)31-27-35-63-38-41-67-44-51(61-6)62-7/h46,51-52H,8-45H2,1-7H3,(H,55,59)/t46-/m1/s1. The zero-order valence-electron chi connectivity index (χ0n) is 45.2. The predicted octanol–water partition coefficient (Wildman–Crippen LogP) is 9.62. The molecule has 0 radical (unpaired) electrons. The molecule has 0 aliphatic carbocycles. The molecule has 1 amide bonds. The zero-order chi connectivity index (χ0) is 51.8. The lowest BCUT2D eigenvalue weighted by atomic mass is 9.94. The number of unbranched alkanes of at least 4 members (excludes halogenated alkanes) is 15. The molecule has 0 aliphatic rings. The summed E-state index contributed by atoms with van der Waals surface area (Å²) in [6, 6.07) is 0. The number of methoxy groups -OCH3 is 2. The van der Waals surface area contributed by atoms with Crippen LogP contribution in [0.25, 0.3) is 0 Å². The van der Waals surface area contributed by atoms with Crippen LogP contribution in [0.15, 0.2) is 0 Å². The van der Waals surface area contributed by atoms with Crippen molar-refractivity contribution in [2.45, 2.75) is 213 Å². The minimum Gasteiger partial charge on any atom is -0.460 e. The molecule has 0 heterocycles. The SMILES string of the molecule is CCOC(COCCCC(=O)CCCCCCCCCCCCCCCCCCC(=O)C[C@@H](CCC(=O)NCCOCCOCC(=O)CCCOCCOCC(OC)OC)C(=O)OC(C)(C)C)OCC. The maximum Gasteiger partial charge on any atom is 0.309 e. The van der Waals surface area contributed by atoms with Gasteiger partial charge in [-0.15, -0.1) is 0 Å². The van der Waals surface area contributed by atoms with Crippen molar-refractivity contribution in [3.05, 3.63) is 0 Å². The fourth-order valence-corrected chi connectivity index (χ4v) is 7.51. The molecule has 0 unspecified atom stereocenters. The van der Waals surface area contributed by atoms with E-state index in [0.717, 1.165) is 38.5 Å². The molecular weight excluding hydrogens is 903 g/mol. The van der Waals surface area contributed by atoms with Crippen LogP contribution < -0.4 is 5.32 Å². The Hall–Kier alpha value is -2.41. The summed E-state index contributed by atoms with van der Waals surface area (Å²) in [5.74, 6) is -0.977. The van der Waals surface area contributed by atoms with E-state index in [4.69, 9.17) is 47.4 Å². The normalized spacial score (nSPS) is 12.2. The summed E-state index contributed by atoms with van der Waals surface area (Å²) < 4.78 is 54.0. The van der Waals surface area contributed by atoms with Crippen molar-refractivity contribution < 1.29 is 71.3 Å². The van der Waals surface area contributed by atoms with Crippen molar-refractivity contribution in [1.82, 2.24) is 5.32 Å². The number of rotatable bonds is 54. The van der Waals surface area contributed by atoms with Crippen LogP contribution in [0.3, 0.4) is 0 Å². The van der Waals surface area contributed by atoms with E-state index < -0.39 is 23.8 Å².